The fourth-order valence-electron chi connectivity index (χ4n) is 3.65. The number of benzene rings is 2. The molecule has 5 nitrogen and oxygen atoms in total. The predicted molar refractivity (Wildman–Crippen MR) is 131 cm³/mol. The van der Waals surface area contributed by atoms with Crippen LogP contribution in [0.25, 0.3) is 0 Å². The van der Waals surface area contributed by atoms with E-state index >= 15 is 0 Å². The lowest BCUT2D eigenvalue weighted by Crippen LogP contribution is -2.51. The van der Waals surface area contributed by atoms with Crippen LogP contribution in [0.4, 0.5) is 0 Å². The van der Waals surface area contributed by atoms with Crippen LogP contribution in [0.1, 0.15) is 25.3 Å². The van der Waals surface area contributed by atoms with Gasteiger partial charge in [-0.2, -0.15) is 0 Å². The van der Waals surface area contributed by atoms with E-state index in [0.717, 1.165) is 44.2 Å². The van der Waals surface area contributed by atoms with Crippen LogP contribution < -0.4 is 15.4 Å². The van der Waals surface area contributed by atoms with Gasteiger partial charge >= 0.3 is 0 Å². The summed E-state index contributed by atoms with van der Waals surface area (Å²) in [5, 5.41) is 6.93. The van der Waals surface area contributed by atoms with Gasteiger partial charge in [-0.15, -0.1) is 24.0 Å². The molecule has 1 aliphatic rings. The number of nitrogens with one attached hydrogen (secondary N) is 2. The van der Waals surface area contributed by atoms with Crippen LogP contribution in [0.15, 0.2) is 65.7 Å². The number of aliphatic imine (C=N–C) groups is 1. The second-order valence-electron chi connectivity index (χ2n) is 7.33. The number of para-hydroxylation sites is 1. The lowest BCUT2D eigenvalue weighted by molar-refractivity contribution is 0.134. The highest BCUT2D eigenvalue weighted by atomic mass is 127. The molecule has 2 N–H and O–H groups in total. The molecule has 29 heavy (non-hydrogen) atoms. The zero-order chi connectivity index (χ0) is 19.6. The van der Waals surface area contributed by atoms with Crippen molar-refractivity contribution in [1.29, 1.82) is 0 Å². The standard InChI is InChI=1S/C23H32N4O.HI/c1-19-17-21(13-15-27(19)18-20-9-5-3-6-10-20)26-23(24-2)25-14-16-28-22-11-7-4-8-12-22;/h3-12,19,21H,13-18H2,1-2H3,(H2,24,25,26);1H. The smallest absolute Gasteiger partial charge is 0.191 e. The summed E-state index contributed by atoms with van der Waals surface area (Å²) in [6.07, 6.45) is 2.24. The number of piperidine rings is 1. The van der Waals surface area contributed by atoms with E-state index in [1.54, 1.807) is 0 Å². The minimum absolute atomic E-state index is 0. The average Bonchev–Trinajstić information content (AvgIpc) is 2.73. The lowest BCUT2D eigenvalue weighted by Gasteiger charge is -2.38. The van der Waals surface area contributed by atoms with Crippen molar-refractivity contribution in [3.63, 3.8) is 0 Å². The second kappa shape index (κ2) is 12.7. The molecule has 0 radical (unpaired) electrons. The van der Waals surface area contributed by atoms with Gasteiger partial charge in [0.1, 0.15) is 12.4 Å². The monoisotopic (exact) mass is 508 g/mol. The molecular weight excluding hydrogens is 475 g/mol. The number of ether oxygens (including phenoxy) is 1. The molecule has 2 unspecified atom stereocenters. The van der Waals surface area contributed by atoms with Crippen LogP contribution >= 0.6 is 24.0 Å². The SMILES string of the molecule is CN=C(NCCOc1ccccc1)NC1CCN(Cc2ccccc2)C(C)C1.I. The third kappa shape index (κ3) is 7.85. The highest BCUT2D eigenvalue weighted by Gasteiger charge is 2.25. The van der Waals surface area contributed by atoms with E-state index in [2.05, 4.69) is 57.8 Å². The Hall–Kier alpha value is -1.80. The van der Waals surface area contributed by atoms with Gasteiger partial charge in [0.15, 0.2) is 5.96 Å². The van der Waals surface area contributed by atoms with Gasteiger partial charge < -0.3 is 15.4 Å². The first-order chi connectivity index (χ1) is 13.7. The van der Waals surface area contributed by atoms with E-state index in [1.165, 1.54) is 5.56 Å². The summed E-state index contributed by atoms with van der Waals surface area (Å²) in [4.78, 5) is 6.93. The molecule has 0 aliphatic carbocycles. The Balaban J connectivity index is 0.00000300. The summed E-state index contributed by atoms with van der Waals surface area (Å²) in [5.41, 5.74) is 1.39. The van der Waals surface area contributed by atoms with Crippen LogP contribution in [0, 0.1) is 0 Å². The number of nitrogens with zero attached hydrogens (tertiary/aromatic N) is 2. The minimum atomic E-state index is 0. The Kier molecular flexibility index (Phi) is 10.3. The number of hydrogen-bond acceptors (Lipinski definition) is 3. The van der Waals surface area contributed by atoms with Gasteiger partial charge in [-0.25, -0.2) is 0 Å². The van der Waals surface area contributed by atoms with Crippen molar-refractivity contribution >= 4 is 29.9 Å². The van der Waals surface area contributed by atoms with Gasteiger partial charge in [-0.3, -0.25) is 9.89 Å². The molecule has 6 heteroatoms. The Labute approximate surface area is 192 Å². The van der Waals surface area contributed by atoms with E-state index in [1.807, 2.05) is 37.4 Å². The Morgan fingerprint density at radius 3 is 2.45 bits per heavy atom. The molecule has 0 spiro atoms. The second-order valence-corrected chi connectivity index (χ2v) is 7.33. The van der Waals surface area contributed by atoms with Crippen LogP contribution in [0.3, 0.4) is 0 Å². The summed E-state index contributed by atoms with van der Waals surface area (Å²) < 4.78 is 5.73. The first kappa shape index (κ1) is 23.5. The molecule has 2 aromatic rings. The van der Waals surface area contributed by atoms with Gasteiger partial charge in [-0.1, -0.05) is 48.5 Å². The fraction of sp³-hybridized carbons (Fsp3) is 0.435. The van der Waals surface area contributed by atoms with Gasteiger partial charge in [0.2, 0.25) is 0 Å². The van der Waals surface area contributed by atoms with Gasteiger partial charge in [-0.05, 0) is 37.5 Å². The first-order valence-corrected chi connectivity index (χ1v) is 10.2. The quantitative estimate of drug-likeness (QED) is 0.258. The maximum atomic E-state index is 5.73. The van der Waals surface area contributed by atoms with Crippen LogP contribution in [-0.4, -0.2) is 49.7 Å². The highest BCUT2D eigenvalue weighted by Crippen LogP contribution is 2.19. The molecule has 1 aliphatic heterocycles. The van der Waals surface area contributed by atoms with E-state index in [0.29, 0.717) is 18.7 Å². The van der Waals surface area contributed by atoms with Crippen molar-refractivity contribution in [2.24, 2.45) is 4.99 Å². The molecule has 2 aromatic carbocycles. The number of rotatable bonds is 7. The molecule has 0 amide bonds. The molecule has 0 bridgehead atoms. The van der Waals surface area contributed by atoms with Crippen molar-refractivity contribution < 1.29 is 4.74 Å². The Morgan fingerprint density at radius 2 is 1.79 bits per heavy atom. The molecule has 3 rings (SSSR count). The zero-order valence-corrected chi connectivity index (χ0v) is 19.7. The van der Waals surface area contributed by atoms with Crippen molar-refractivity contribution in [3.8, 4) is 5.75 Å². The summed E-state index contributed by atoms with van der Waals surface area (Å²) in [5.74, 6) is 1.75. The Bertz CT molecular complexity index is 726. The van der Waals surface area contributed by atoms with Crippen molar-refractivity contribution in [2.45, 2.75) is 38.4 Å². The fourth-order valence-corrected chi connectivity index (χ4v) is 3.65. The molecule has 0 saturated carbocycles. The first-order valence-electron chi connectivity index (χ1n) is 10.2. The summed E-state index contributed by atoms with van der Waals surface area (Å²) >= 11 is 0. The Morgan fingerprint density at radius 1 is 1.10 bits per heavy atom. The van der Waals surface area contributed by atoms with Gasteiger partial charge in [0, 0.05) is 32.2 Å². The molecule has 2 atom stereocenters. The van der Waals surface area contributed by atoms with Gasteiger partial charge in [0.25, 0.3) is 0 Å². The molecule has 0 aromatic heterocycles. The largest absolute Gasteiger partial charge is 0.492 e. The molecule has 158 valence electrons. The number of hydrogen-bond donors (Lipinski definition) is 2. The normalized spacial score (nSPS) is 19.9. The molecule has 1 heterocycles. The van der Waals surface area contributed by atoms with Crippen molar-refractivity contribution in [2.75, 3.05) is 26.7 Å². The average molecular weight is 508 g/mol. The predicted octanol–water partition coefficient (Wildman–Crippen LogP) is 3.90. The number of halogens is 1. The van der Waals surface area contributed by atoms with Crippen LogP contribution in [0.2, 0.25) is 0 Å². The highest BCUT2D eigenvalue weighted by molar-refractivity contribution is 14.0. The number of likely N-dealkylation sites (tertiary alicyclic amines) is 1. The van der Waals surface area contributed by atoms with E-state index in [-0.39, 0.29) is 24.0 Å². The summed E-state index contributed by atoms with van der Waals surface area (Å²) in [6.45, 7) is 5.77. The lowest BCUT2D eigenvalue weighted by atomic mass is 9.97. The molecule has 1 fully saturated rings. The minimum Gasteiger partial charge on any atom is -0.492 e. The maximum Gasteiger partial charge on any atom is 0.191 e. The maximum absolute atomic E-state index is 5.73. The third-order valence-electron chi connectivity index (χ3n) is 5.21. The summed E-state index contributed by atoms with van der Waals surface area (Å²) in [6, 6.07) is 21.6. The van der Waals surface area contributed by atoms with Crippen molar-refractivity contribution in [1.82, 2.24) is 15.5 Å². The van der Waals surface area contributed by atoms with E-state index < -0.39 is 0 Å². The van der Waals surface area contributed by atoms with Gasteiger partial charge in [0.05, 0.1) is 6.54 Å². The summed E-state index contributed by atoms with van der Waals surface area (Å²) in [7, 11) is 1.82. The van der Waals surface area contributed by atoms with E-state index in [9.17, 15) is 0 Å². The number of guanidine groups is 1. The molecule has 1 saturated heterocycles. The molecular formula is C23H33IN4O. The zero-order valence-electron chi connectivity index (χ0n) is 17.4. The van der Waals surface area contributed by atoms with E-state index in [4.69, 9.17) is 4.74 Å². The topological polar surface area (TPSA) is 48.9 Å². The van der Waals surface area contributed by atoms with Crippen LogP contribution in [-0.2, 0) is 6.54 Å². The third-order valence-corrected chi connectivity index (χ3v) is 5.21. The van der Waals surface area contributed by atoms with Crippen molar-refractivity contribution in [3.05, 3.63) is 66.2 Å². The van der Waals surface area contributed by atoms with Crippen LogP contribution in [0.5, 0.6) is 5.75 Å².